The number of aryl methyl sites for hydroxylation is 1. The molecule has 0 aliphatic rings. The zero-order valence-electron chi connectivity index (χ0n) is 10.3. The quantitative estimate of drug-likeness (QED) is 0.781. The van der Waals surface area contributed by atoms with Crippen molar-refractivity contribution in [3.63, 3.8) is 0 Å². The molecule has 0 aromatic carbocycles. The van der Waals surface area contributed by atoms with Crippen LogP contribution in [-0.4, -0.2) is 27.6 Å². The van der Waals surface area contributed by atoms with E-state index in [-0.39, 0.29) is 11.4 Å². The highest BCUT2D eigenvalue weighted by atomic mass is 32.3. The molecule has 9 heteroatoms. The average Bonchev–Trinajstić information content (AvgIpc) is 2.68. The number of nitrogens with two attached hydrogens (primary N) is 1. The molecule has 0 unspecified atom stereocenters. The van der Waals surface area contributed by atoms with Crippen molar-refractivity contribution >= 4 is 21.9 Å². The number of unbranched alkanes of at least 4 members (excludes halogenated alkanes) is 1. The highest BCUT2D eigenvalue weighted by Gasteiger charge is 2.16. The van der Waals surface area contributed by atoms with E-state index in [1.54, 1.807) is 6.07 Å². The number of hydrogen-bond donors (Lipinski definition) is 2. The number of nitrogens with zero attached hydrogens (tertiary/aromatic N) is 3. The highest BCUT2D eigenvalue weighted by molar-refractivity contribution is 7.81. The Balaban J connectivity index is 2.47. The Kier molecular flexibility index (Phi) is 3.58. The summed E-state index contributed by atoms with van der Waals surface area (Å²) in [6.07, 6.45) is 3.79. The summed E-state index contributed by atoms with van der Waals surface area (Å²) >= 11 is 0. The van der Waals surface area contributed by atoms with E-state index in [1.807, 2.05) is 6.92 Å². The molecule has 0 fully saturated rings. The fourth-order valence-electron chi connectivity index (χ4n) is 1.68. The first kappa shape index (κ1) is 13.6. The number of hydrogen-bond acceptors (Lipinski definition) is 6. The van der Waals surface area contributed by atoms with Crippen LogP contribution in [0.3, 0.4) is 0 Å². The van der Waals surface area contributed by atoms with E-state index in [1.165, 1.54) is 4.52 Å². The van der Waals surface area contributed by atoms with Gasteiger partial charge in [-0.25, -0.2) is 4.98 Å². The topological polar surface area (TPSA) is 120 Å². The monoisotopic (exact) mass is 286 g/mol. The van der Waals surface area contributed by atoms with Crippen molar-refractivity contribution < 1.29 is 17.2 Å². The van der Waals surface area contributed by atoms with Gasteiger partial charge < -0.3 is 9.92 Å². The van der Waals surface area contributed by atoms with Crippen LogP contribution in [0.1, 0.15) is 25.5 Å². The van der Waals surface area contributed by atoms with Gasteiger partial charge in [0.15, 0.2) is 0 Å². The van der Waals surface area contributed by atoms with E-state index >= 15 is 0 Å². The van der Waals surface area contributed by atoms with Crippen molar-refractivity contribution in [2.75, 3.05) is 5.73 Å². The van der Waals surface area contributed by atoms with Crippen LogP contribution in [0.4, 0.5) is 5.82 Å². The summed E-state index contributed by atoms with van der Waals surface area (Å²) < 4.78 is 35.8. The van der Waals surface area contributed by atoms with Crippen molar-refractivity contribution in [3.05, 3.63) is 18.0 Å². The van der Waals surface area contributed by atoms with Crippen molar-refractivity contribution in [1.29, 1.82) is 0 Å². The Morgan fingerprint density at radius 1 is 1.53 bits per heavy atom. The van der Waals surface area contributed by atoms with Gasteiger partial charge in [-0.3, -0.25) is 4.55 Å². The SMILES string of the molecule is CCCCc1cc(N)n2ncc(OS(=O)(=O)O)c2n1. The molecule has 0 aliphatic carbocycles. The normalized spacial score (nSPS) is 11.9. The molecule has 0 amide bonds. The molecule has 2 heterocycles. The number of fused-ring (bicyclic) bond motifs is 1. The van der Waals surface area contributed by atoms with Crippen molar-refractivity contribution in [1.82, 2.24) is 14.6 Å². The smallest absolute Gasteiger partial charge is 0.384 e. The van der Waals surface area contributed by atoms with Crippen LogP contribution in [0, 0.1) is 0 Å². The highest BCUT2D eigenvalue weighted by Crippen LogP contribution is 2.22. The third kappa shape index (κ3) is 3.12. The molecular formula is C10H14N4O4S. The van der Waals surface area contributed by atoms with Crippen LogP contribution in [0.25, 0.3) is 5.65 Å². The molecule has 0 saturated carbocycles. The number of anilines is 1. The number of nitrogen functional groups attached to an aromatic ring is 1. The first-order valence-electron chi connectivity index (χ1n) is 5.70. The first-order valence-corrected chi connectivity index (χ1v) is 7.07. The van der Waals surface area contributed by atoms with Gasteiger partial charge in [0, 0.05) is 11.8 Å². The van der Waals surface area contributed by atoms with Crippen molar-refractivity contribution in [2.24, 2.45) is 0 Å². The predicted molar refractivity (Wildman–Crippen MR) is 68.2 cm³/mol. The van der Waals surface area contributed by atoms with Gasteiger partial charge in [0.2, 0.25) is 11.4 Å². The zero-order chi connectivity index (χ0) is 14.0. The summed E-state index contributed by atoms with van der Waals surface area (Å²) in [7, 11) is -4.62. The van der Waals surface area contributed by atoms with Gasteiger partial charge in [-0.2, -0.15) is 18.0 Å². The van der Waals surface area contributed by atoms with Crippen molar-refractivity contribution in [2.45, 2.75) is 26.2 Å². The van der Waals surface area contributed by atoms with Crippen LogP contribution < -0.4 is 9.92 Å². The summed E-state index contributed by atoms with van der Waals surface area (Å²) in [6, 6.07) is 1.67. The van der Waals surface area contributed by atoms with Crippen LogP contribution in [0.2, 0.25) is 0 Å². The summed E-state index contributed by atoms with van der Waals surface area (Å²) in [5, 5.41) is 3.85. The molecule has 0 spiro atoms. The first-order chi connectivity index (χ1) is 8.90. The van der Waals surface area contributed by atoms with E-state index in [0.717, 1.165) is 19.0 Å². The third-order valence-corrected chi connectivity index (χ3v) is 2.89. The Hall–Kier alpha value is -1.87. The molecule has 0 atom stereocenters. The van der Waals surface area contributed by atoms with E-state index in [4.69, 9.17) is 10.3 Å². The lowest BCUT2D eigenvalue weighted by atomic mass is 10.2. The standard InChI is InChI=1S/C10H14N4O4S/c1-2-3-4-7-5-9(11)14-10(13-7)8(6-12-14)18-19(15,16)17/h5-6H,2-4,11H2,1H3,(H,15,16,17). The summed E-state index contributed by atoms with van der Waals surface area (Å²) in [5.41, 5.74) is 6.67. The Bertz CT molecular complexity index is 695. The fraction of sp³-hybridized carbons (Fsp3) is 0.400. The minimum Gasteiger partial charge on any atom is -0.384 e. The maximum absolute atomic E-state index is 10.7. The van der Waals surface area contributed by atoms with Gasteiger partial charge in [0.05, 0.1) is 6.20 Å². The molecule has 0 bridgehead atoms. The number of rotatable bonds is 5. The minimum absolute atomic E-state index is 0.156. The zero-order valence-corrected chi connectivity index (χ0v) is 11.1. The second kappa shape index (κ2) is 5.02. The second-order valence-electron chi connectivity index (χ2n) is 4.03. The van der Waals surface area contributed by atoms with E-state index in [2.05, 4.69) is 14.3 Å². The lowest BCUT2D eigenvalue weighted by Gasteiger charge is -2.04. The van der Waals surface area contributed by atoms with Gasteiger partial charge in [-0.1, -0.05) is 13.3 Å². The van der Waals surface area contributed by atoms with Crippen LogP contribution >= 0.6 is 0 Å². The Morgan fingerprint density at radius 3 is 2.89 bits per heavy atom. The predicted octanol–water partition coefficient (Wildman–Crippen LogP) is 0.836. The van der Waals surface area contributed by atoms with Gasteiger partial charge in [-0.05, 0) is 12.8 Å². The van der Waals surface area contributed by atoms with E-state index < -0.39 is 10.4 Å². The molecule has 0 saturated heterocycles. The minimum atomic E-state index is -4.62. The molecule has 3 N–H and O–H groups in total. The van der Waals surface area contributed by atoms with E-state index in [0.29, 0.717) is 17.9 Å². The summed E-state index contributed by atoms with van der Waals surface area (Å²) in [6.45, 7) is 2.05. The molecule has 2 aromatic heterocycles. The molecule has 19 heavy (non-hydrogen) atoms. The van der Waals surface area contributed by atoms with Crippen LogP contribution in [0.5, 0.6) is 5.75 Å². The van der Waals surface area contributed by atoms with E-state index in [9.17, 15) is 8.42 Å². The fourth-order valence-corrected chi connectivity index (χ4v) is 2.02. The maximum Gasteiger partial charge on any atom is 0.446 e. The molecule has 2 rings (SSSR count). The maximum atomic E-state index is 10.7. The van der Waals surface area contributed by atoms with Crippen molar-refractivity contribution in [3.8, 4) is 5.75 Å². The largest absolute Gasteiger partial charge is 0.446 e. The van der Waals surface area contributed by atoms with Crippen LogP contribution in [0.15, 0.2) is 12.3 Å². The van der Waals surface area contributed by atoms with Gasteiger partial charge in [0.25, 0.3) is 0 Å². The van der Waals surface area contributed by atoms with Gasteiger partial charge in [0.1, 0.15) is 5.82 Å². The average molecular weight is 286 g/mol. The number of aromatic nitrogens is 3. The molecule has 0 radical (unpaired) electrons. The lowest BCUT2D eigenvalue weighted by molar-refractivity contribution is 0.388. The van der Waals surface area contributed by atoms with Crippen LogP contribution in [-0.2, 0) is 16.8 Å². The lowest BCUT2D eigenvalue weighted by Crippen LogP contribution is -2.08. The Labute approximate surface area is 110 Å². The summed E-state index contributed by atoms with van der Waals surface area (Å²) in [4.78, 5) is 4.24. The Morgan fingerprint density at radius 2 is 2.26 bits per heavy atom. The molecular weight excluding hydrogens is 272 g/mol. The summed E-state index contributed by atoms with van der Waals surface area (Å²) in [5.74, 6) is 0.161. The molecule has 0 aliphatic heterocycles. The van der Waals surface area contributed by atoms with Gasteiger partial charge in [-0.15, -0.1) is 0 Å². The molecule has 2 aromatic rings. The van der Waals surface area contributed by atoms with Gasteiger partial charge >= 0.3 is 10.4 Å². The second-order valence-corrected chi connectivity index (χ2v) is 5.05. The molecule has 104 valence electrons. The third-order valence-electron chi connectivity index (χ3n) is 2.50. The molecule has 8 nitrogen and oxygen atoms in total.